The van der Waals surface area contributed by atoms with Crippen LogP contribution in [-0.4, -0.2) is 20.8 Å². The fraction of sp³-hybridized carbons (Fsp3) is 0.0800. The normalized spacial score (nSPS) is 11.0. The Balaban J connectivity index is 1.31. The predicted octanol–water partition coefficient (Wildman–Crippen LogP) is 5.45. The van der Waals surface area contributed by atoms with E-state index < -0.39 is 0 Å². The van der Waals surface area contributed by atoms with Crippen LogP contribution in [0.4, 0.5) is 0 Å². The van der Waals surface area contributed by atoms with E-state index in [1.165, 1.54) is 0 Å². The number of carbonyl (C=O) groups excluding carboxylic acids is 1. The third-order valence-electron chi connectivity index (χ3n) is 4.63. The van der Waals surface area contributed by atoms with Gasteiger partial charge in [-0.3, -0.25) is 4.79 Å². The summed E-state index contributed by atoms with van der Waals surface area (Å²) in [6.07, 6.45) is 5.21. The van der Waals surface area contributed by atoms with Crippen LogP contribution >= 0.6 is 11.6 Å². The molecular weight excluding hydrogens is 410 g/mol. The van der Waals surface area contributed by atoms with E-state index in [0.717, 1.165) is 11.1 Å². The molecule has 0 saturated carbocycles. The number of ketones is 1. The maximum atomic E-state index is 12.3. The van der Waals surface area contributed by atoms with Crippen LogP contribution in [0.5, 0.6) is 5.75 Å². The van der Waals surface area contributed by atoms with Crippen molar-refractivity contribution in [3.05, 3.63) is 119 Å². The van der Waals surface area contributed by atoms with Crippen molar-refractivity contribution >= 4 is 23.5 Å². The maximum absolute atomic E-state index is 12.3. The molecular formula is C25H20ClN3O2. The molecule has 5 nitrogen and oxygen atoms in total. The number of allylic oxidation sites excluding steroid dienone is 1. The summed E-state index contributed by atoms with van der Waals surface area (Å²) >= 11 is 6.19. The first-order valence-corrected chi connectivity index (χ1v) is 10.2. The zero-order valence-electron chi connectivity index (χ0n) is 16.7. The Kier molecular flexibility index (Phi) is 6.55. The van der Waals surface area contributed by atoms with Gasteiger partial charge >= 0.3 is 0 Å². The van der Waals surface area contributed by atoms with Gasteiger partial charge in [0.2, 0.25) is 0 Å². The minimum Gasteiger partial charge on any atom is -0.487 e. The van der Waals surface area contributed by atoms with Crippen molar-refractivity contribution in [2.24, 2.45) is 0 Å². The molecule has 0 amide bonds. The molecule has 0 fully saturated rings. The summed E-state index contributed by atoms with van der Waals surface area (Å²) in [5, 5.41) is 8.96. The Hall–Kier alpha value is -3.70. The minimum absolute atomic E-state index is 0.0575. The van der Waals surface area contributed by atoms with Crippen LogP contribution in [0.15, 0.2) is 91.1 Å². The second kappa shape index (κ2) is 9.87. The average Bonchev–Trinajstić information content (AvgIpc) is 3.26. The monoisotopic (exact) mass is 429 g/mol. The topological polar surface area (TPSA) is 57.0 Å². The number of aromatic nitrogens is 3. The number of hydrogen-bond donors (Lipinski definition) is 0. The molecule has 4 rings (SSSR count). The lowest BCUT2D eigenvalue weighted by Gasteiger charge is -2.05. The Morgan fingerprint density at radius 1 is 0.968 bits per heavy atom. The Bertz CT molecular complexity index is 1180. The smallest absolute Gasteiger partial charge is 0.185 e. The van der Waals surface area contributed by atoms with Gasteiger partial charge in [0.25, 0.3) is 0 Å². The first-order chi connectivity index (χ1) is 15.2. The van der Waals surface area contributed by atoms with Crippen molar-refractivity contribution in [1.29, 1.82) is 0 Å². The highest BCUT2D eigenvalue weighted by Crippen LogP contribution is 2.17. The Morgan fingerprint density at radius 3 is 2.48 bits per heavy atom. The number of benzene rings is 3. The molecule has 31 heavy (non-hydrogen) atoms. The van der Waals surface area contributed by atoms with Gasteiger partial charge in [-0.15, -0.1) is 5.10 Å². The number of rotatable bonds is 8. The number of carbonyl (C=O) groups is 1. The van der Waals surface area contributed by atoms with Crippen LogP contribution in [0, 0.1) is 0 Å². The SMILES string of the molecule is O=C(/C=C/c1ccccc1)c1ccc(OCc2cn(Cc3ccccc3Cl)nn2)cc1. The average molecular weight is 430 g/mol. The molecule has 3 aromatic carbocycles. The molecule has 4 aromatic rings. The lowest BCUT2D eigenvalue weighted by Crippen LogP contribution is -2.01. The van der Waals surface area contributed by atoms with Crippen molar-refractivity contribution in [2.75, 3.05) is 0 Å². The lowest BCUT2D eigenvalue weighted by atomic mass is 10.1. The summed E-state index contributed by atoms with van der Waals surface area (Å²) in [6.45, 7) is 0.823. The van der Waals surface area contributed by atoms with Crippen molar-refractivity contribution in [3.8, 4) is 5.75 Å². The quantitative estimate of drug-likeness (QED) is 0.276. The molecule has 0 atom stereocenters. The molecule has 1 aromatic heterocycles. The van der Waals surface area contributed by atoms with Crippen LogP contribution in [-0.2, 0) is 13.2 Å². The van der Waals surface area contributed by atoms with E-state index in [9.17, 15) is 4.79 Å². The third kappa shape index (κ3) is 5.68. The van der Waals surface area contributed by atoms with Crippen LogP contribution < -0.4 is 4.74 Å². The summed E-state index contributed by atoms with van der Waals surface area (Å²) in [4.78, 5) is 12.3. The van der Waals surface area contributed by atoms with Crippen molar-refractivity contribution in [1.82, 2.24) is 15.0 Å². The van der Waals surface area contributed by atoms with E-state index >= 15 is 0 Å². The van der Waals surface area contributed by atoms with Gasteiger partial charge in [0.1, 0.15) is 18.1 Å². The molecule has 154 valence electrons. The molecule has 0 spiro atoms. The number of halogens is 1. The van der Waals surface area contributed by atoms with E-state index in [2.05, 4.69) is 10.3 Å². The predicted molar refractivity (Wildman–Crippen MR) is 121 cm³/mol. The highest BCUT2D eigenvalue weighted by molar-refractivity contribution is 6.31. The molecule has 0 aliphatic heterocycles. The summed E-state index contributed by atoms with van der Waals surface area (Å²) in [6, 6.07) is 24.4. The van der Waals surface area contributed by atoms with E-state index in [-0.39, 0.29) is 12.4 Å². The van der Waals surface area contributed by atoms with Crippen LogP contribution in [0.25, 0.3) is 6.08 Å². The zero-order valence-corrected chi connectivity index (χ0v) is 17.4. The molecule has 0 unspecified atom stereocenters. The van der Waals surface area contributed by atoms with Crippen LogP contribution in [0.2, 0.25) is 5.02 Å². The molecule has 0 radical (unpaired) electrons. The Morgan fingerprint density at radius 2 is 1.71 bits per heavy atom. The first-order valence-electron chi connectivity index (χ1n) is 9.80. The van der Waals surface area contributed by atoms with Gasteiger partial charge < -0.3 is 4.74 Å². The van der Waals surface area contributed by atoms with Gasteiger partial charge in [-0.2, -0.15) is 0 Å². The van der Waals surface area contributed by atoms with Crippen LogP contribution in [0.3, 0.4) is 0 Å². The minimum atomic E-state index is -0.0575. The molecule has 0 bridgehead atoms. The molecule has 0 saturated heterocycles. The van der Waals surface area contributed by atoms with E-state index in [0.29, 0.717) is 28.6 Å². The van der Waals surface area contributed by atoms with E-state index in [1.807, 2.05) is 60.8 Å². The van der Waals surface area contributed by atoms with E-state index in [4.69, 9.17) is 16.3 Å². The summed E-state index contributed by atoms with van der Waals surface area (Å²) in [5.74, 6) is 0.599. The standard InChI is InChI=1S/C25H20ClN3O2/c26-24-9-5-4-8-21(24)16-29-17-22(27-28-29)18-31-23-13-11-20(12-14-23)25(30)15-10-19-6-2-1-3-7-19/h1-15,17H,16,18H2/b15-10+. The summed E-state index contributed by atoms with van der Waals surface area (Å²) in [7, 11) is 0. The van der Waals surface area contributed by atoms with Gasteiger partial charge in [-0.1, -0.05) is 71.4 Å². The molecule has 0 aliphatic carbocycles. The van der Waals surface area contributed by atoms with Crippen molar-refractivity contribution in [3.63, 3.8) is 0 Å². The number of hydrogen-bond acceptors (Lipinski definition) is 4. The maximum Gasteiger partial charge on any atom is 0.185 e. The van der Waals surface area contributed by atoms with Gasteiger partial charge in [0.05, 0.1) is 12.7 Å². The van der Waals surface area contributed by atoms with Gasteiger partial charge in [0, 0.05) is 10.6 Å². The second-order valence-electron chi connectivity index (χ2n) is 6.92. The summed E-state index contributed by atoms with van der Waals surface area (Å²) < 4.78 is 7.50. The molecule has 6 heteroatoms. The van der Waals surface area contributed by atoms with Gasteiger partial charge in [0.15, 0.2) is 5.78 Å². The van der Waals surface area contributed by atoms with Crippen LogP contribution in [0.1, 0.15) is 27.2 Å². The lowest BCUT2D eigenvalue weighted by molar-refractivity contribution is 0.104. The fourth-order valence-electron chi connectivity index (χ4n) is 2.99. The Labute approximate surface area is 185 Å². The largest absolute Gasteiger partial charge is 0.487 e. The molecule has 0 N–H and O–H groups in total. The highest BCUT2D eigenvalue weighted by Gasteiger charge is 2.06. The van der Waals surface area contributed by atoms with Crippen molar-refractivity contribution in [2.45, 2.75) is 13.2 Å². The molecule has 0 aliphatic rings. The van der Waals surface area contributed by atoms with Crippen molar-refractivity contribution < 1.29 is 9.53 Å². The first kappa shape index (κ1) is 20.6. The zero-order chi connectivity index (χ0) is 21.5. The number of nitrogens with zero attached hydrogens (tertiary/aromatic N) is 3. The summed E-state index contributed by atoms with van der Waals surface area (Å²) in [5.41, 5.74) is 3.27. The van der Waals surface area contributed by atoms with Gasteiger partial charge in [-0.05, 0) is 47.5 Å². The number of ether oxygens (including phenoxy) is 1. The highest BCUT2D eigenvalue weighted by atomic mass is 35.5. The third-order valence-corrected chi connectivity index (χ3v) is 5.00. The second-order valence-corrected chi connectivity index (χ2v) is 7.33. The van der Waals surface area contributed by atoms with E-state index in [1.54, 1.807) is 41.1 Å². The molecule has 1 heterocycles. The van der Waals surface area contributed by atoms with Gasteiger partial charge in [-0.25, -0.2) is 4.68 Å². The fourth-order valence-corrected chi connectivity index (χ4v) is 3.18.